The topological polar surface area (TPSA) is 386 Å². The predicted octanol–water partition coefficient (Wildman–Crippen LogP) is -6.45. The normalized spacial score (nSPS) is 19.8. The number of aliphatic hydroxyl groups is 3. The van der Waals surface area contributed by atoms with Crippen molar-refractivity contribution in [3.63, 3.8) is 0 Å². The SMILES string of the molecule is NC(N)=NCCC[C@H](NC(=O)[C@H](CO)NC(=O)[C@@H](N)CO)[C@@H](O)C(=O)OCC1=C(C(=O)O)N2C(=O)[C@@H](NC(=O)CCC[C@@H](N)C(=O)O)[C@H]2SC1. The van der Waals surface area contributed by atoms with Crippen LogP contribution in [0.1, 0.15) is 32.1 Å². The van der Waals surface area contributed by atoms with E-state index in [9.17, 15) is 48.9 Å². The highest BCUT2D eigenvalue weighted by Crippen LogP contribution is 2.40. The molecule has 1 saturated heterocycles. The molecule has 4 amide bonds. The molecule has 1 fully saturated rings. The molecule has 0 aliphatic carbocycles. The number of nitrogens with two attached hydrogens (primary N) is 4. The minimum Gasteiger partial charge on any atom is -0.480 e. The lowest BCUT2D eigenvalue weighted by Crippen LogP contribution is -2.70. The summed E-state index contributed by atoms with van der Waals surface area (Å²) in [7, 11) is 0. The van der Waals surface area contributed by atoms with E-state index in [-0.39, 0.29) is 55.9 Å². The molecule has 22 nitrogen and oxygen atoms in total. The lowest BCUT2D eigenvalue weighted by atomic mass is 10.0. The first-order valence-electron chi connectivity index (χ1n) is 15.2. The molecule has 280 valence electrons. The maximum absolute atomic E-state index is 12.9. The molecule has 2 aliphatic rings. The number of aliphatic carboxylic acids is 2. The third-order valence-corrected chi connectivity index (χ3v) is 8.80. The summed E-state index contributed by atoms with van der Waals surface area (Å²) < 4.78 is 5.18. The van der Waals surface area contributed by atoms with E-state index in [1.807, 2.05) is 0 Å². The van der Waals surface area contributed by atoms with E-state index >= 15 is 0 Å². The molecule has 0 aromatic carbocycles. The van der Waals surface area contributed by atoms with Gasteiger partial charge in [-0.25, -0.2) is 9.59 Å². The van der Waals surface area contributed by atoms with Gasteiger partial charge in [-0.2, -0.15) is 0 Å². The number of nitrogens with zero attached hydrogens (tertiary/aromatic N) is 2. The molecule has 16 N–H and O–H groups in total. The number of guanidine groups is 1. The van der Waals surface area contributed by atoms with Gasteiger partial charge in [0.25, 0.3) is 5.91 Å². The lowest BCUT2D eigenvalue weighted by molar-refractivity contribution is -0.155. The van der Waals surface area contributed by atoms with Crippen molar-refractivity contribution in [3.8, 4) is 0 Å². The highest BCUT2D eigenvalue weighted by atomic mass is 32.2. The van der Waals surface area contributed by atoms with Crippen molar-refractivity contribution >= 4 is 59.3 Å². The number of hydrogen-bond acceptors (Lipinski definition) is 15. The van der Waals surface area contributed by atoms with Crippen molar-refractivity contribution in [3.05, 3.63) is 11.3 Å². The molecule has 2 heterocycles. The number of rotatable bonds is 21. The third kappa shape index (κ3) is 11.5. The number of ether oxygens (including phenoxy) is 1. The van der Waals surface area contributed by atoms with Crippen LogP contribution in [0.5, 0.6) is 0 Å². The maximum Gasteiger partial charge on any atom is 0.352 e. The molecule has 50 heavy (non-hydrogen) atoms. The Hall–Kier alpha value is -4.55. The lowest BCUT2D eigenvalue weighted by Gasteiger charge is -2.49. The van der Waals surface area contributed by atoms with Gasteiger partial charge in [0.05, 0.1) is 19.3 Å². The number of carboxylic acid groups (broad SMARTS) is 2. The van der Waals surface area contributed by atoms with Crippen molar-refractivity contribution in [2.24, 2.45) is 27.9 Å². The Kier molecular flexibility index (Phi) is 16.3. The van der Waals surface area contributed by atoms with Gasteiger partial charge in [-0.1, -0.05) is 0 Å². The molecule has 0 saturated carbocycles. The van der Waals surface area contributed by atoms with Gasteiger partial charge in [-0.05, 0) is 25.7 Å². The zero-order valence-electron chi connectivity index (χ0n) is 26.7. The first-order chi connectivity index (χ1) is 23.5. The number of hydrogen-bond donors (Lipinski definition) is 12. The number of aliphatic hydroxyl groups excluding tert-OH is 3. The minimum atomic E-state index is -2.05. The number of amides is 4. The number of fused-ring (bicyclic) bond motifs is 1. The Bertz CT molecular complexity index is 1360. The van der Waals surface area contributed by atoms with Crippen molar-refractivity contribution in [1.82, 2.24) is 20.9 Å². The molecule has 0 aromatic heterocycles. The number of nitrogens with one attached hydrogen (secondary N) is 3. The summed E-state index contributed by atoms with van der Waals surface area (Å²) in [6.45, 7) is -2.31. The highest BCUT2D eigenvalue weighted by molar-refractivity contribution is 8.00. The van der Waals surface area contributed by atoms with Gasteiger partial charge in [-0.15, -0.1) is 11.8 Å². The van der Waals surface area contributed by atoms with Gasteiger partial charge in [0.15, 0.2) is 12.1 Å². The Morgan fingerprint density at radius 3 is 2.24 bits per heavy atom. The van der Waals surface area contributed by atoms with Crippen LogP contribution in [0.4, 0.5) is 0 Å². The summed E-state index contributed by atoms with van der Waals surface area (Å²) in [4.78, 5) is 90.7. The Balaban J connectivity index is 2.10. The average molecular weight is 734 g/mol. The summed E-state index contributed by atoms with van der Waals surface area (Å²) in [5, 5.41) is 54.4. The van der Waals surface area contributed by atoms with Crippen LogP contribution >= 0.6 is 11.8 Å². The average Bonchev–Trinajstić information content (AvgIpc) is 3.07. The van der Waals surface area contributed by atoms with E-state index in [0.717, 1.165) is 16.7 Å². The summed E-state index contributed by atoms with van der Waals surface area (Å²) in [6.07, 6.45) is -2.00. The first kappa shape index (κ1) is 41.6. The van der Waals surface area contributed by atoms with Crippen LogP contribution in [0.15, 0.2) is 16.3 Å². The van der Waals surface area contributed by atoms with Crippen molar-refractivity contribution in [2.45, 2.75) is 73.8 Å². The van der Waals surface area contributed by atoms with Gasteiger partial charge < -0.3 is 69.2 Å². The molecule has 23 heteroatoms. The third-order valence-electron chi connectivity index (χ3n) is 7.46. The largest absolute Gasteiger partial charge is 0.480 e. The summed E-state index contributed by atoms with van der Waals surface area (Å²) in [6, 6.07) is -6.58. The van der Waals surface area contributed by atoms with E-state index in [2.05, 4.69) is 20.9 Å². The first-order valence-corrected chi connectivity index (χ1v) is 16.2. The number of carbonyl (C=O) groups is 7. The second-order valence-corrected chi connectivity index (χ2v) is 12.3. The second kappa shape index (κ2) is 19.6. The molecular formula is C27H43N9O13S. The van der Waals surface area contributed by atoms with E-state index in [0.29, 0.717) is 0 Å². The van der Waals surface area contributed by atoms with Crippen LogP contribution in [-0.2, 0) is 38.3 Å². The summed E-state index contributed by atoms with van der Waals surface area (Å²) in [5.41, 5.74) is 21.0. The summed E-state index contributed by atoms with van der Waals surface area (Å²) >= 11 is 1.08. The predicted molar refractivity (Wildman–Crippen MR) is 172 cm³/mol. The molecule has 0 radical (unpaired) electrons. The van der Waals surface area contributed by atoms with Crippen LogP contribution < -0.4 is 38.9 Å². The number of aliphatic imine (C=N–C) groups is 1. The fraction of sp³-hybridized carbons (Fsp3) is 0.630. The van der Waals surface area contributed by atoms with Crippen LogP contribution in [-0.4, -0.2) is 152 Å². The van der Waals surface area contributed by atoms with Crippen LogP contribution in [0.2, 0.25) is 0 Å². The van der Waals surface area contributed by atoms with Crippen molar-refractivity contribution in [1.29, 1.82) is 0 Å². The Labute approximate surface area is 289 Å². The van der Waals surface area contributed by atoms with E-state index < -0.39 is 109 Å². The number of thioether (sulfide) groups is 1. The van der Waals surface area contributed by atoms with Crippen molar-refractivity contribution in [2.75, 3.05) is 32.1 Å². The standard InChI is InChI=1S/C27H43N9O13S/c28-12(24(44)45)3-1-5-16(39)35-17-22(43)36-18(25(46)47)11(10-50-23(17)36)9-49-26(48)19(40)14(4-2-6-32-27(30)31)33-21(42)15(8-38)34-20(41)13(29)7-37/h12-15,17,19,23,37-38,40H,1-10,28-29H2,(H,33,42)(H,34,41)(H,35,39)(H,44,45)(H,46,47)(H4,30,31,32)/t12-,13+,14+,15+,17-,19-,23-/m1/s1. The smallest absolute Gasteiger partial charge is 0.352 e. The number of esters is 1. The van der Waals surface area contributed by atoms with Gasteiger partial charge in [0, 0.05) is 24.3 Å². The molecule has 0 spiro atoms. The monoisotopic (exact) mass is 733 g/mol. The molecule has 0 bridgehead atoms. The minimum absolute atomic E-state index is 0.00305. The van der Waals surface area contributed by atoms with Crippen LogP contribution in [0.25, 0.3) is 0 Å². The molecule has 2 rings (SSSR count). The summed E-state index contributed by atoms with van der Waals surface area (Å²) in [5.74, 6) is -7.62. The van der Waals surface area contributed by atoms with Gasteiger partial charge in [0.1, 0.15) is 41.8 Å². The van der Waals surface area contributed by atoms with Gasteiger partial charge in [0.2, 0.25) is 17.7 Å². The van der Waals surface area contributed by atoms with Crippen LogP contribution in [0, 0.1) is 0 Å². The molecule has 2 aliphatic heterocycles. The Morgan fingerprint density at radius 2 is 1.66 bits per heavy atom. The van der Waals surface area contributed by atoms with E-state index in [1.54, 1.807) is 0 Å². The molecular weight excluding hydrogens is 690 g/mol. The van der Waals surface area contributed by atoms with Gasteiger partial charge in [-0.3, -0.25) is 33.9 Å². The molecule has 0 unspecified atom stereocenters. The number of carbonyl (C=O) groups excluding carboxylic acids is 5. The highest BCUT2D eigenvalue weighted by Gasteiger charge is 2.54. The molecule has 7 atom stereocenters. The molecule has 0 aromatic rings. The van der Waals surface area contributed by atoms with E-state index in [1.165, 1.54) is 0 Å². The fourth-order valence-corrected chi connectivity index (χ4v) is 6.05. The maximum atomic E-state index is 12.9. The van der Waals surface area contributed by atoms with E-state index in [4.69, 9.17) is 37.9 Å². The Morgan fingerprint density at radius 1 is 0.980 bits per heavy atom. The second-order valence-electron chi connectivity index (χ2n) is 11.2. The number of β-lactam (4-membered cyclic amide) rings is 1. The number of carboxylic acids is 2. The zero-order chi connectivity index (χ0) is 37.7. The zero-order valence-corrected chi connectivity index (χ0v) is 27.5. The van der Waals surface area contributed by atoms with Crippen molar-refractivity contribution < 1.29 is 63.8 Å². The quantitative estimate of drug-likeness (QED) is 0.0171. The van der Waals surface area contributed by atoms with Crippen LogP contribution in [0.3, 0.4) is 0 Å². The fourth-order valence-electron chi connectivity index (χ4n) is 4.72. The van der Waals surface area contributed by atoms with Gasteiger partial charge >= 0.3 is 17.9 Å².